The Morgan fingerprint density at radius 1 is 1.71 bits per heavy atom. The van der Waals surface area contributed by atoms with Gasteiger partial charge in [-0.1, -0.05) is 11.6 Å². The molecule has 2 unspecified atom stereocenters. The molecule has 78 valence electrons. The monoisotopic (exact) mass is 231 g/mol. The zero-order valence-corrected chi connectivity index (χ0v) is 9.70. The third-order valence-corrected chi connectivity index (χ3v) is 3.82. The van der Waals surface area contributed by atoms with Crippen molar-refractivity contribution >= 4 is 22.9 Å². The van der Waals surface area contributed by atoms with Crippen LogP contribution in [0.1, 0.15) is 18.2 Å². The van der Waals surface area contributed by atoms with Gasteiger partial charge in [-0.2, -0.15) is 0 Å². The SMILES string of the molecule is CC1OCCC1NCc1cc(Cl)cs1. The van der Waals surface area contributed by atoms with Gasteiger partial charge in [0, 0.05) is 29.5 Å². The molecule has 0 amide bonds. The molecule has 1 fully saturated rings. The molecule has 14 heavy (non-hydrogen) atoms. The highest BCUT2D eigenvalue weighted by molar-refractivity contribution is 7.10. The van der Waals surface area contributed by atoms with E-state index >= 15 is 0 Å². The third-order valence-electron chi connectivity index (χ3n) is 2.54. The van der Waals surface area contributed by atoms with Crippen molar-refractivity contribution in [1.29, 1.82) is 0 Å². The largest absolute Gasteiger partial charge is 0.377 e. The maximum absolute atomic E-state index is 5.84. The molecule has 1 aromatic rings. The van der Waals surface area contributed by atoms with Crippen molar-refractivity contribution in [3.63, 3.8) is 0 Å². The van der Waals surface area contributed by atoms with Crippen LogP contribution >= 0.6 is 22.9 Å². The molecule has 0 bridgehead atoms. The van der Waals surface area contributed by atoms with Crippen molar-refractivity contribution in [2.24, 2.45) is 0 Å². The van der Waals surface area contributed by atoms with Crippen LogP contribution in [-0.4, -0.2) is 18.8 Å². The van der Waals surface area contributed by atoms with Crippen molar-refractivity contribution in [1.82, 2.24) is 5.32 Å². The first-order chi connectivity index (χ1) is 6.75. The topological polar surface area (TPSA) is 21.3 Å². The number of halogens is 1. The predicted molar refractivity (Wildman–Crippen MR) is 60.0 cm³/mol. The zero-order chi connectivity index (χ0) is 9.97. The van der Waals surface area contributed by atoms with Crippen LogP contribution in [-0.2, 0) is 11.3 Å². The van der Waals surface area contributed by atoms with E-state index in [2.05, 4.69) is 12.2 Å². The van der Waals surface area contributed by atoms with Crippen molar-refractivity contribution in [2.45, 2.75) is 32.0 Å². The molecular formula is C10H14ClNOS. The van der Waals surface area contributed by atoms with Gasteiger partial charge in [-0.3, -0.25) is 0 Å². The van der Waals surface area contributed by atoms with Gasteiger partial charge in [-0.05, 0) is 19.4 Å². The van der Waals surface area contributed by atoms with Crippen LogP contribution in [0.4, 0.5) is 0 Å². The molecule has 2 rings (SSSR count). The fourth-order valence-corrected chi connectivity index (χ4v) is 2.70. The second-order valence-electron chi connectivity index (χ2n) is 3.58. The lowest BCUT2D eigenvalue weighted by molar-refractivity contribution is 0.113. The van der Waals surface area contributed by atoms with Crippen molar-refractivity contribution in [2.75, 3.05) is 6.61 Å². The van der Waals surface area contributed by atoms with E-state index in [0.29, 0.717) is 12.1 Å². The highest BCUT2D eigenvalue weighted by Crippen LogP contribution is 2.20. The fourth-order valence-electron chi connectivity index (χ4n) is 1.68. The molecule has 4 heteroatoms. The first kappa shape index (κ1) is 10.4. The van der Waals surface area contributed by atoms with Crippen molar-refractivity contribution in [3.8, 4) is 0 Å². The maximum Gasteiger partial charge on any atom is 0.0700 e. The fraction of sp³-hybridized carbons (Fsp3) is 0.600. The van der Waals surface area contributed by atoms with E-state index in [0.717, 1.165) is 24.6 Å². The minimum Gasteiger partial charge on any atom is -0.377 e. The highest BCUT2D eigenvalue weighted by atomic mass is 35.5. The summed E-state index contributed by atoms with van der Waals surface area (Å²) in [7, 11) is 0. The smallest absolute Gasteiger partial charge is 0.0700 e. The average Bonchev–Trinajstić information content (AvgIpc) is 2.72. The van der Waals surface area contributed by atoms with Gasteiger partial charge < -0.3 is 10.1 Å². The molecule has 0 spiro atoms. The molecule has 0 aliphatic carbocycles. The number of ether oxygens (including phenoxy) is 1. The summed E-state index contributed by atoms with van der Waals surface area (Å²) in [6.45, 7) is 3.89. The Balaban J connectivity index is 1.82. The first-order valence-corrected chi connectivity index (χ1v) is 6.09. The molecule has 1 N–H and O–H groups in total. The number of hydrogen-bond donors (Lipinski definition) is 1. The summed E-state index contributed by atoms with van der Waals surface area (Å²) in [6.07, 6.45) is 1.45. The quantitative estimate of drug-likeness (QED) is 0.864. The number of rotatable bonds is 3. The minimum atomic E-state index is 0.338. The molecule has 2 nitrogen and oxygen atoms in total. The van der Waals surface area contributed by atoms with Crippen molar-refractivity contribution in [3.05, 3.63) is 21.3 Å². The van der Waals surface area contributed by atoms with Gasteiger partial charge in [-0.15, -0.1) is 11.3 Å². The number of nitrogens with one attached hydrogen (secondary N) is 1. The van der Waals surface area contributed by atoms with Gasteiger partial charge in [0.25, 0.3) is 0 Å². The van der Waals surface area contributed by atoms with Gasteiger partial charge in [0.15, 0.2) is 0 Å². The minimum absolute atomic E-state index is 0.338. The summed E-state index contributed by atoms with van der Waals surface area (Å²) in [5.41, 5.74) is 0. The average molecular weight is 232 g/mol. The van der Waals surface area contributed by atoms with Crippen LogP contribution in [0.25, 0.3) is 0 Å². The van der Waals surface area contributed by atoms with Crippen LogP contribution in [0, 0.1) is 0 Å². The molecule has 1 aliphatic rings. The number of thiophene rings is 1. The van der Waals surface area contributed by atoms with Gasteiger partial charge in [0.1, 0.15) is 0 Å². The lowest BCUT2D eigenvalue weighted by atomic mass is 10.1. The summed E-state index contributed by atoms with van der Waals surface area (Å²) in [6, 6.07) is 2.51. The Labute approximate surface area is 93.2 Å². The van der Waals surface area contributed by atoms with E-state index in [1.165, 1.54) is 4.88 Å². The maximum atomic E-state index is 5.84. The van der Waals surface area contributed by atoms with E-state index in [-0.39, 0.29) is 0 Å². The highest BCUT2D eigenvalue weighted by Gasteiger charge is 2.23. The van der Waals surface area contributed by atoms with Crippen LogP contribution < -0.4 is 5.32 Å². The molecule has 1 aromatic heterocycles. The predicted octanol–water partition coefficient (Wildman–Crippen LogP) is 2.67. The summed E-state index contributed by atoms with van der Waals surface area (Å²) >= 11 is 7.54. The Bertz CT molecular complexity index is 302. The lowest BCUT2D eigenvalue weighted by Gasteiger charge is -2.14. The van der Waals surface area contributed by atoms with E-state index in [9.17, 15) is 0 Å². The Hall–Kier alpha value is -0.0900. The van der Waals surface area contributed by atoms with E-state index in [4.69, 9.17) is 16.3 Å². The molecule has 0 saturated carbocycles. The second kappa shape index (κ2) is 4.62. The molecule has 0 radical (unpaired) electrons. The van der Waals surface area contributed by atoms with E-state index in [1.807, 2.05) is 11.4 Å². The molecule has 0 aromatic carbocycles. The van der Waals surface area contributed by atoms with Crippen LogP contribution in [0.15, 0.2) is 11.4 Å². The molecule has 1 aliphatic heterocycles. The molecular weight excluding hydrogens is 218 g/mol. The standard InChI is InChI=1S/C10H14ClNOS/c1-7-10(2-3-13-7)12-5-9-4-8(11)6-14-9/h4,6-7,10,12H,2-3,5H2,1H3. The molecule has 2 atom stereocenters. The molecule has 2 heterocycles. The zero-order valence-electron chi connectivity index (χ0n) is 8.13. The Morgan fingerprint density at radius 2 is 2.57 bits per heavy atom. The van der Waals surface area contributed by atoms with Gasteiger partial charge in [0.2, 0.25) is 0 Å². The van der Waals surface area contributed by atoms with E-state index < -0.39 is 0 Å². The van der Waals surface area contributed by atoms with Crippen molar-refractivity contribution < 1.29 is 4.74 Å². The van der Waals surface area contributed by atoms with Gasteiger partial charge >= 0.3 is 0 Å². The Kier molecular flexibility index (Phi) is 3.44. The van der Waals surface area contributed by atoms with Crippen LogP contribution in [0.2, 0.25) is 5.02 Å². The van der Waals surface area contributed by atoms with Gasteiger partial charge in [-0.25, -0.2) is 0 Å². The van der Waals surface area contributed by atoms with Crippen LogP contribution in [0.5, 0.6) is 0 Å². The summed E-state index contributed by atoms with van der Waals surface area (Å²) in [5, 5.41) is 6.29. The normalized spacial score (nSPS) is 27.0. The van der Waals surface area contributed by atoms with E-state index in [1.54, 1.807) is 11.3 Å². The first-order valence-electron chi connectivity index (χ1n) is 4.83. The lowest BCUT2D eigenvalue weighted by Crippen LogP contribution is -2.33. The van der Waals surface area contributed by atoms with Gasteiger partial charge in [0.05, 0.1) is 11.1 Å². The second-order valence-corrected chi connectivity index (χ2v) is 5.02. The summed E-state index contributed by atoms with van der Waals surface area (Å²) in [5.74, 6) is 0. The van der Waals surface area contributed by atoms with Crippen LogP contribution in [0.3, 0.4) is 0 Å². The number of hydrogen-bond acceptors (Lipinski definition) is 3. The molecule has 1 saturated heterocycles. The third kappa shape index (κ3) is 2.48. The summed E-state index contributed by atoms with van der Waals surface area (Å²) in [4.78, 5) is 1.29. The summed E-state index contributed by atoms with van der Waals surface area (Å²) < 4.78 is 5.47. The Morgan fingerprint density at radius 3 is 3.14 bits per heavy atom.